The lowest BCUT2D eigenvalue weighted by molar-refractivity contribution is -0.137. The third-order valence-electron chi connectivity index (χ3n) is 4.81. The number of carbonyl (C=O) groups excluding carboxylic acids is 1. The lowest BCUT2D eigenvalue weighted by Gasteiger charge is -2.10. The molecule has 12 heteroatoms. The number of nitrogens with zero attached hydrogens (tertiary/aromatic N) is 4. The van der Waals surface area contributed by atoms with Gasteiger partial charge in [-0.2, -0.15) is 18.3 Å². The number of rotatable bonds is 7. The summed E-state index contributed by atoms with van der Waals surface area (Å²) in [7, 11) is 0. The van der Waals surface area contributed by atoms with Gasteiger partial charge in [-0.15, -0.1) is 10.2 Å². The van der Waals surface area contributed by atoms with E-state index in [4.69, 9.17) is 23.2 Å². The van der Waals surface area contributed by atoms with Crippen LogP contribution in [0.3, 0.4) is 0 Å². The highest BCUT2D eigenvalue weighted by molar-refractivity contribution is 7.99. The van der Waals surface area contributed by atoms with Crippen molar-refractivity contribution in [2.75, 3.05) is 5.75 Å². The Morgan fingerprint density at radius 1 is 0.972 bits per heavy atom. The van der Waals surface area contributed by atoms with Crippen molar-refractivity contribution in [3.8, 4) is 17.1 Å². The second-order valence-electron chi connectivity index (χ2n) is 7.29. The maximum atomic E-state index is 13.1. The highest BCUT2D eigenvalue weighted by Gasteiger charge is 2.32. The minimum atomic E-state index is -4.53. The molecule has 6 nitrogen and oxygen atoms in total. The standard InChI is InChI=1S/C24H16Cl2F3N5OS/c25-17-7-5-15(6-8-17)22-32-33-23(34(22)19-11-9-18(26)10-12-19)36-14-21(35)31-30-13-16-3-1-2-4-20(16)24(27,28)29/h1-13H,14H2,(H,31,35)/b30-13-. The molecular weight excluding hydrogens is 534 g/mol. The van der Waals surface area contributed by atoms with Crippen LogP contribution in [0, 0.1) is 0 Å². The summed E-state index contributed by atoms with van der Waals surface area (Å²) in [5.74, 6) is -0.108. The molecule has 36 heavy (non-hydrogen) atoms. The Kier molecular flexibility index (Phi) is 7.97. The average molecular weight is 550 g/mol. The zero-order chi connectivity index (χ0) is 25.7. The van der Waals surface area contributed by atoms with Crippen molar-refractivity contribution < 1.29 is 18.0 Å². The second kappa shape index (κ2) is 11.2. The summed E-state index contributed by atoms with van der Waals surface area (Å²) < 4.78 is 41.1. The quantitative estimate of drug-likeness (QED) is 0.162. The summed E-state index contributed by atoms with van der Waals surface area (Å²) >= 11 is 13.1. The Labute approximate surface area is 218 Å². The van der Waals surface area contributed by atoms with Crippen LogP contribution in [0.25, 0.3) is 17.1 Å². The van der Waals surface area contributed by atoms with Crippen molar-refractivity contribution in [2.24, 2.45) is 5.10 Å². The van der Waals surface area contributed by atoms with Gasteiger partial charge >= 0.3 is 6.18 Å². The molecule has 1 heterocycles. The first kappa shape index (κ1) is 25.7. The van der Waals surface area contributed by atoms with E-state index in [1.54, 1.807) is 53.1 Å². The number of thioether (sulfide) groups is 1. The highest BCUT2D eigenvalue weighted by atomic mass is 35.5. The normalized spacial score (nSPS) is 11.7. The topological polar surface area (TPSA) is 72.2 Å². The fraction of sp³-hybridized carbons (Fsp3) is 0.0833. The number of hydrogen-bond donors (Lipinski definition) is 1. The van der Waals surface area contributed by atoms with E-state index in [2.05, 4.69) is 20.7 Å². The Morgan fingerprint density at radius 2 is 1.61 bits per heavy atom. The molecule has 1 aromatic heterocycles. The first-order valence-electron chi connectivity index (χ1n) is 10.3. The van der Waals surface area contributed by atoms with Crippen LogP contribution in [0.15, 0.2) is 83.1 Å². The van der Waals surface area contributed by atoms with Gasteiger partial charge in [-0.25, -0.2) is 5.43 Å². The van der Waals surface area contributed by atoms with Crippen molar-refractivity contribution in [1.29, 1.82) is 0 Å². The maximum absolute atomic E-state index is 13.1. The number of amides is 1. The van der Waals surface area contributed by atoms with Crippen molar-refractivity contribution in [3.05, 3.63) is 94.0 Å². The fourth-order valence-electron chi connectivity index (χ4n) is 3.18. The van der Waals surface area contributed by atoms with E-state index in [9.17, 15) is 18.0 Å². The third-order valence-corrected chi connectivity index (χ3v) is 6.24. The molecule has 0 saturated heterocycles. The predicted octanol–water partition coefficient (Wildman–Crippen LogP) is 6.50. The first-order valence-corrected chi connectivity index (χ1v) is 12.0. The largest absolute Gasteiger partial charge is 0.417 e. The Bertz CT molecular complexity index is 1390. The summed E-state index contributed by atoms with van der Waals surface area (Å²) in [6, 6.07) is 19.0. The van der Waals surface area contributed by atoms with Gasteiger partial charge in [0.2, 0.25) is 0 Å². The number of hydrogen-bond acceptors (Lipinski definition) is 5. The summed E-state index contributed by atoms with van der Waals surface area (Å²) in [4.78, 5) is 12.3. The number of hydrazone groups is 1. The molecule has 4 rings (SSSR count). The van der Waals surface area contributed by atoms with Crippen LogP contribution in [0.5, 0.6) is 0 Å². The Hall–Kier alpha value is -3.34. The molecule has 1 N–H and O–H groups in total. The van der Waals surface area contributed by atoms with E-state index in [1.807, 2.05) is 0 Å². The van der Waals surface area contributed by atoms with Gasteiger partial charge < -0.3 is 0 Å². The van der Waals surface area contributed by atoms with E-state index < -0.39 is 17.6 Å². The van der Waals surface area contributed by atoms with Crippen LogP contribution >= 0.6 is 35.0 Å². The van der Waals surface area contributed by atoms with Gasteiger partial charge in [0, 0.05) is 26.9 Å². The Morgan fingerprint density at radius 3 is 2.28 bits per heavy atom. The summed E-state index contributed by atoms with van der Waals surface area (Å²) in [6.07, 6.45) is -3.57. The third kappa shape index (κ3) is 6.26. The molecule has 0 spiro atoms. The van der Waals surface area contributed by atoms with Crippen LogP contribution in [0.4, 0.5) is 13.2 Å². The van der Waals surface area contributed by atoms with Gasteiger partial charge in [-0.1, -0.05) is 53.2 Å². The summed E-state index contributed by atoms with van der Waals surface area (Å²) in [5.41, 5.74) is 2.72. The van der Waals surface area contributed by atoms with Crippen LogP contribution in [-0.2, 0) is 11.0 Å². The zero-order valence-corrected chi connectivity index (χ0v) is 20.5. The van der Waals surface area contributed by atoms with Gasteiger partial charge in [0.25, 0.3) is 5.91 Å². The minimum absolute atomic E-state index is 0.107. The number of aromatic nitrogens is 3. The highest BCUT2D eigenvalue weighted by Crippen LogP contribution is 2.31. The number of benzene rings is 3. The van der Waals surface area contributed by atoms with Crippen molar-refractivity contribution in [2.45, 2.75) is 11.3 Å². The monoisotopic (exact) mass is 549 g/mol. The van der Waals surface area contributed by atoms with E-state index in [-0.39, 0.29) is 11.3 Å². The molecule has 0 radical (unpaired) electrons. The second-order valence-corrected chi connectivity index (χ2v) is 9.11. The van der Waals surface area contributed by atoms with E-state index in [1.165, 1.54) is 18.2 Å². The summed E-state index contributed by atoms with van der Waals surface area (Å²) in [6.45, 7) is 0. The molecule has 0 atom stereocenters. The van der Waals surface area contributed by atoms with E-state index >= 15 is 0 Å². The molecule has 184 valence electrons. The zero-order valence-electron chi connectivity index (χ0n) is 18.2. The molecule has 3 aromatic carbocycles. The van der Waals surface area contributed by atoms with Crippen LogP contribution in [0.2, 0.25) is 10.0 Å². The minimum Gasteiger partial charge on any atom is -0.272 e. The predicted molar refractivity (Wildman–Crippen MR) is 135 cm³/mol. The van der Waals surface area contributed by atoms with Crippen LogP contribution < -0.4 is 5.43 Å². The molecular formula is C24H16Cl2F3N5OS. The molecule has 0 unspecified atom stereocenters. The van der Waals surface area contributed by atoms with Gasteiger partial charge in [-0.3, -0.25) is 9.36 Å². The SMILES string of the molecule is O=C(CSc1nnc(-c2ccc(Cl)cc2)n1-c1ccc(Cl)cc1)N/N=C\c1ccccc1C(F)(F)F. The molecule has 4 aromatic rings. The molecule has 0 fully saturated rings. The molecule has 1 amide bonds. The van der Waals surface area contributed by atoms with Crippen molar-refractivity contribution >= 4 is 47.1 Å². The molecule has 0 aliphatic rings. The molecule has 0 aliphatic heterocycles. The molecule has 0 bridgehead atoms. The van der Waals surface area contributed by atoms with Gasteiger partial charge in [-0.05, 0) is 54.6 Å². The average Bonchev–Trinajstić information content (AvgIpc) is 3.27. The number of carbonyl (C=O) groups is 1. The van der Waals surface area contributed by atoms with E-state index in [0.717, 1.165) is 35.3 Å². The number of nitrogens with one attached hydrogen (secondary N) is 1. The maximum Gasteiger partial charge on any atom is 0.417 e. The number of halogens is 5. The lowest BCUT2D eigenvalue weighted by atomic mass is 10.1. The smallest absolute Gasteiger partial charge is 0.272 e. The van der Waals surface area contributed by atoms with Crippen molar-refractivity contribution in [1.82, 2.24) is 20.2 Å². The van der Waals surface area contributed by atoms with Crippen LogP contribution in [0.1, 0.15) is 11.1 Å². The molecule has 0 saturated carbocycles. The number of alkyl halides is 3. The van der Waals surface area contributed by atoms with E-state index in [0.29, 0.717) is 21.0 Å². The van der Waals surface area contributed by atoms with Gasteiger partial charge in [0.15, 0.2) is 11.0 Å². The van der Waals surface area contributed by atoms with Gasteiger partial charge in [0.05, 0.1) is 17.5 Å². The molecule has 0 aliphatic carbocycles. The first-order chi connectivity index (χ1) is 17.2. The van der Waals surface area contributed by atoms with Crippen LogP contribution in [-0.4, -0.2) is 32.6 Å². The van der Waals surface area contributed by atoms with Crippen molar-refractivity contribution in [3.63, 3.8) is 0 Å². The fourth-order valence-corrected chi connectivity index (χ4v) is 4.17. The Balaban J connectivity index is 1.51. The van der Waals surface area contributed by atoms with Gasteiger partial charge in [0.1, 0.15) is 0 Å². The summed E-state index contributed by atoms with van der Waals surface area (Å²) in [5, 5.41) is 13.7. The lowest BCUT2D eigenvalue weighted by Crippen LogP contribution is -2.20.